The van der Waals surface area contributed by atoms with Gasteiger partial charge in [0, 0.05) is 0 Å². The van der Waals surface area contributed by atoms with E-state index in [-0.39, 0.29) is 0 Å². The van der Waals surface area contributed by atoms with Crippen LogP contribution in [0, 0.1) is 0 Å². The highest BCUT2D eigenvalue weighted by atomic mass is 35.6. The third-order valence-electron chi connectivity index (χ3n) is 2.40. The molecule has 0 saturated carbocycles. The van der Waals surface area contributed by atoms with Gasteiger partial charge in [-0.05, 0) is 18.0 Å². The first-order valence-electron chi connectivity index (χ1n) is 5.00. The first kappa shape index (κ1) is 11.5. The molecule has 1 aromatic carbocycles. The zero-order valence-electron chi connectivity index (χ0n) is 8.67. The van der Waals surface area contributed by atoms with Crippen molar-refractivity contribution in [2.75, 3.05) is 0 Å². The largest absolute Gasteiger partial charge is 0.176 e. The van der Waals surface area contributed by atoms with Gasteiger partial charge < -0.3 is 0 Å². The van der Waals surface area contributed by atoms with Crippen molar-refractivity contribution in [2.45, 2.75) is 25.4 Å². The van der Waals surface area contributed by atoms with Crippen molar-refractivity contribution in [3.63, 3.8) is 0 Å². The Kier molecular flexibility index (Phi) is 4.43. The summed E-state index contributed by atoms with van der Waals surface area (Å²) < 4.78 is 0. The van der Waals surface area contributed by atoms with Crippen molar-refractivity contribution in [3.05, 3.63) is 48.2 Å². The molecule has 0 bridgehead atoms. The molecule has 0 saturated heterocycles. The molecule has 76 valence electrons. The molecule has 0 aliphatic rings. The summed E-state index contributed by atoms with van der Waals surface area (Å²) >= 11 is 6.31. The maximum Gasteiger partial charge on any atom is 0.176 e. The van der Waals surface area contributed by atoms with Gasteiger partial charge in [-0.25, -0.2) is 0 Å². The molecule has 1 atom stereocenters. The van der Waals surface area contributed by atoms with E-state index < -0.39 is 7.38 Å². The van der Waals surface area contributed by atoms with E-state index in [4.69, 9.17) is 11.1 Å². The molecule has 0 fully saturated rings. The summed E-state index contributed by atoms with van der Waals surface area (Å²) in [5.74, 6) is 0. The quantitative estimate of drug-likeness (QED) is 0.521. The van der Waals surface area contributed by atoms with Crippen molar-refractivity contribution in [2.24, 2.45) is 0 Å². The summed E-state index contributed by atoms with van der Waals surface area (Å²) in [5.41, 5.74) is 3.36. The SMILES string of the molecule is C=C[Si](C)(Cl)CCCc1ccccc1. The van der Waals surface area contributed by atoms with Crippen LogP contribution in [0.25, 0.3) is 0 Å². The van der Waals surface area contributed by atoms with Gasteiger partial charge in [0.1, 0.15) is 0 Å². The first-order chi connectivity index (χ1) is 6.64. The van der Waals surface area contributed by atoms with Crippen molar-refractivity contribution >= 4 is 18.5 Å². The Morgan fingerprint density at radius 2 is 2.00 bits per heavy atom. The summed E-state index contributed by atoms with van der Waals surface area (Å²) in [6.07, 6.45) is 2.30. The van der Waals surface area contributed by atoms with Gasteiger partial charge >= 0.3 is 0 Å². The second kappa shape index (κ2) is 5.37. The average molecular weight is 225 g/mol. The maximum absolute atomic E-state index is 6.31. The van der Waals surface area contributed by atoms with E-state index in [0.29, 0.717) is 0 Å². The minimum absolute atomic E-state index is 1.12. The van der Waals surface area contributed by atoms with Gasteiger partial charge in [-0.3, -0.25) is 0 Å². The van der Waals surface area contributed by atoms with E-state index in [9.17, 15) is 0 Å². The first-order valence-corrected chi connectivity index (χ1v) is 8.80. The maximum atomic E-state index is 6.31. The average Bonchev–Trinajstić information content (AvgIpc) is 2.19. The number of hydrogen-bond acceptors (Lipinski definition) is 0. The van der Waals surface area contributed by atoms with Crippen LogP contribution in [0.3, 0.4) is 0 Å². The smallest absolute Gasteiger partial charge is 0.162 e. The van der Waals surface area contributed by atoms with Crippen LogP contribution in [0.1, 0.15) is 12.0 Å². The Hall–Kier alpha value is -0.533. The third kappa shape index (κ3) is 4.12. The van der Waals surface area contributed by atoms with Crippen molar-refractivity contribution in [1.29, 1.82) is 0 Å². The van der Waals surface area contributed by atoms with E-state index in [1.165, 1.54) is 12.0 Å². The number of aryl methyl sites for hydroxylation is 1. The van der Waals surface area contributed by atoms with Gasteiger partial charge in [0.15, 0.2) is 7.38 Å². The van der Waals surface area contributed by atoms with Crippen LogP contribution >= 0.6 is 11.1 Å². The van der Waals surface area contributed by atoms with Gasteiger partial charge in [-0.1, -0.05) is 49.0 Å². The Morgan fingerprint density at radius 1 is 1.36 bits per heavy atom. The van der Waals surface area contributed by atoms with E-state index in [0.717, 1.165) is 12.5 Å². The summed E-state index contributed by atoms with van der Waals surface area (Å²) in [7, 11) is -1.60. The lowest BCUT2D eigenvalue weighted by Gasteiger charge is -2.13. The van der Waals surface area contributed by atoms with E-state index in [2.05, 4.69) is 37.4 Å². The Balaban J connectivity index is 2.32. The fraction of sp³-hybridized carbons (Fsp3) is 0.333. The number of benzene rings is 1. The predicted octanol–water partition coefficient (Wildman–Crippen LogP) is 4.16. The van der Waals surface area contributed by atoms with E-state index in [1.807, 2.05) is 11.8 Å². The minimum atomic E-state index is -1.60. The monoisotopic (exact) mass is 224 g/mol. The fourth-order valence-corrected chi connectivity index (χ4v) is 2.86. The number of halogens is 1. The molecule has 0 amide bonds. The minimum Gasteiger partial charge on any atom is -0.162 e. The molecular weight excluding hydrogens is 208 g/mol. The second-order valence-electron chi connectivity index (χ2n) is 3.82. The van der Waals surface area contributed by atoms with E-state index >= 15 is 0 Å². The standard InChI is InChI=1S/C12H17ClSi/c1-3-14(2,13)11-7-10-12-8-5-4-6-9-12/h3-6,8-9H,1,7,10-11H2,2H3. The highest BCUT2D eigenvalue weighted by Gasteiger charge is 2.18. The highest BCUT2D eigenvalue weighted by molar-refractivity contribution is 7.22. The van der Waals surface area contributed by atoms with Crippen LogP contribution in [-0.4, -0.2) is 7.38 Å². The predicted molar refractivity (Wildman–Crippen MR) is 67.2 cm³/mol. The van der Waals surface area contributed by atoms with Crippen molar-refractivity contribution in [1.82, 2.24) is 0 Å². The zero-order valence-corrected chi connectivity index (χ0v) is 10.4. The topological polar surface area (TPSA) is 0 Å². The molecule has 1 unspecified atom stereocenters. The molecule has 0 N–H and O–H groups in total. The normalized spacial score (nSPS) is 14.7. The third-order valence-corrected chi connectivity index (χ3v) is 5.61. The lowest BCUT2D eigenvalue weighted by Crippen LogP contribution is -2.18. The zero-order chi connectivity index (χ0) is 10.4. The van der Waals surface area contributed by atoms with Crippen LogP contribution in [0.4, 0.5) is 0 Å². The van der Waals surface area contributed by atoms with Crippen molar-refractivity contribution < 1.29 is 0 Å². The Bertz CT molecular complexity index is 280. The summed E-state index contributed by atoms with van der Waals surface area (Å²) in [4.78, 5) is 0. The van der Waals surface area contributed by atoms with Crippen LogP contribution in [-0.2, 0) is 6.42 Å². The van der Waals surface area contributed by atoms with Crippen LogP contribution in [0.2, 0.25) is 12.6 Å². The van der Waals surface area contributed by atoms with Gasteiger partial charge in [-0.15, -0.1) is 6.58 Å². The van der Waals surface area contributed by atoms with Crippen LogP contribution < -0.4 is 0 Å². The molecule has 1 rings (SSSR count). The molecule has 0 spiro atoms. The fourth-order valence-electron chi connectivity index (χ4n) is 1.38. The van der Waals surface area contributed by atoms with Crippen LogP contribution in [0.5, 0.6) is 0 Å². The lowest BCUT2D eigenvalue weighted by atomic mass is 10.1. The number of hydrogen-bond donors (Lipinski definition) is 0. The van der Waals surface area contributed by atoms with E-state index in [1.54, 1.807) is 0 Å². The van der Waals surface area contributed by atoms with Gasteiger partial charge in [0.05, 0.1) is 0 Å². The molecule has 0 heterocycles. The lowest BCUT2D eigenvalue weighted by molar-refractivity contribution is 0.909. The molecule has 0 nitrogen and oxygen atoms in total. The molecule has 0 radical (unpaired) electrons. The van der Waals surface area contributed by atoms with Crippen LogP contribution in [0.15, 0.2) is 42.6 Å². The van der Waals surface area contributed by atoms with Gasteiger partial charge in [-0.2, -0.15) is 11.1 Å². The molecule has 2 heteroatoms. The Labute approximate surface area is 92.3 Å². The highest BCUT2D eigenvalue weighted by Crippen LogP contribution is 2.19. The van der Waals surface area contributed by atoms with Gasteiger partial charge in [0.25, 0.3) is 0 Å². The van der Waals surface area contributed by atoms with Crippen molar-refractivity contribution in [3.8, 4) is 0 Å². The summed E-state index contributed by atoms with van der Waals surface area (Å²) in [6.45, 7) is 5.93. The van der Waals surface area contributed by atoms with Gasteiger partial charge in [0.2, 0.25) is 0 Å². The molecule has 1 aromatic rings. The molecule has 0 aliphatic heterocycles. The summed E-state index contributed by atoms with van der Waals surface area (Å²) in [5, 5.41) is 0. The second-order valence-corrected chi connectivity index (χ2v) is 9.88. The summed E-state index contributed by atoms with van der Waals surface area (Å²) in [6, 6.07) is 11.7. The molecule has 0 aliphatic carbocycles. The molecular formula is C12H17ClSi. The molecule has 14 heavy (non-hydrogen) atoms. The Morgan fingerprint density at radius 3 is 2.57 bits per heavy atom. The number of rotatable bonds is 5. The molecule has 0 aromatic heterocycles.